The lowest BCUT2D eigenvalue weighted by Gasteiger charge is -2.09. The summed E-state index contributed by atoms with van der Waals surface area (Å²) in [6, 6.07) is 3.30. The summed E-state index contributed by atoms with van der Waals surface area (Å²) in [6.45, 7) is -0.0618. The minimum absolute atomic E-state index is 0.0618. The van der Waals surface area contributed by atoms with Gasteiger partial charge in [-0.3, -0.25) is 0 Å². The lowest BCUT2D eigenvalue weighted by atomic mass is 10.2. The Morgan fingerprint density at radius 3 is 2.53 bits per heavy atom. The van der Waals surface area contributed by atoms with Crippen LogP contribution >= 0.6 is 15.9 Å². The molecule has 1 aromatic carbocycles. The second-order valence-electron chi connectivity index (χ2n) is 2.67. The third-order valence-corrected chi connectivity index (χ3v) is 1.98. The molecule has 0 fully saturated rings. The molecule has 0 heterocycles. The van der Waals surface area contributed by atoms with Gasteiger partial charge in [0.2, 0.25) is 0 Å². The maximum Gasteiger partial charge on any atom is 0.416 e. The van der Waals surface area contributed by atoms with Crippen LogP contribution < -0.4 is 4.74 Å². The number of alkyl halides is 3. The second kappa shape index (κ2) is 4.58. The van der Waals surface area contributed by atoms with Crippen molar-refractivity contribution in [3.63, 3.8) is 0 Å². The number of ether oxygens (including phenoxy) is 1. The summed E-state index contributed by atoms with van der Waals surface area (Å²) in [6.07, 6.45) is 0.538. The number of halogens is 4. The minimum Gasteiger partial charge on any atom is -0.481 e. The first-order chi connectivity index (χ1) is 6.93. The highest BCUT2D eigenvalue weighted by atomic mass is 79.9. The van der Waals surface area contributed by atoms with Gasteiger partial charge in [-0.2, -0.15) is 13.2 Å². The monoisotopic (exact) mass is 278 g/mol. The van der Waals surface area contributed by atoms with Crippen LogP contribution in [0.5, 0.6) is 5.75 Å². The van der Waals surface area contributed by atoms with E-state index in [4.69, 9.17) is 11.2 Å². The maximum atomic E-state index is 12.4. The molecule has 0 spiro atoms. The van der Waals surface area contributed by atoms with Crippen LogP contribution in [0.1, 0.15) is 5.56 Å². The van der Waals surface area contributed by atoms with Crippen LogP contribution in [-0.2, 0) is 6.18 Å². The molecule has 0 aromatic heterocycles. The molecular formula is C10H6BrF3O. The molecule has 1 rings (SSSR count). The van der Waals surface area contributed by atoms with E-state index in [0.29, 0.717) is 4.47 Å². The Bertz CT molecular complexity index is 393. The first-order valence-corrected chi connectivity index (χ1v) is 4.67. The molecule has 0 N–H and O–H groups in total. The van der Waals surface area contributed by atoms with E-state index in [-0.39, 0.29) is 12.4 Å². The van der Waals surface area contributed by atoms with E-state index in [0.717, 1.165) is 12.1 Å². The van der Waals surface area contributed by atoms with Gasteiger partial charge in [0.25, 0.3) is 0 Å². The normalized spacial score (nSPS) is 10.9. The van der Waals surface area contributed by atoms with Gasteiger partial charge in [0.05, 0.1) is 5.56 Å². The predicted molar refractivity (Wildman–Crippen MR) is 53.5 cm³/mol. The summed E-state index contributed by atoms with van der Waals surface area (Å²) < 4.78 is 42.3. The molecule has 1 nitrogen and oxygen atoms in total. The van der Waals surface area contributed by atoms with Crippen LogP contribution in [-0.4, -0.2) is 6.61 Å². The maximum absolute atomic E-state index is 12.4. The van der Waals surface area contributed by atoms with Gasteiger partial charge in [0, 0.05) is 4.47 Å². The zero-order valence-electron chi connectivity index (χ0n) is 7.44. The summed E-state index contributed by atoms with van der Waals surface area (Å²) >= 11 is 2.97. The van der Waals surface area contributed by atoms with E-state index >= 15 is 0 Å². The molecule has 0 aliphatic heterocycles. The third kappa shape index (κ3) is 3.48. The average molecular weight is 279 g/mol. The predicted octanol–water partition coefficient (Wildman–Crippen LogP) is 3.48. The van der Waals surface area contributed by atoms with E-state index in [9.17, 15) is 13.2 Å². The quantitative estimate of drug-likeness (QED) is 0.753. The highest BCUT2D eigenvalue weighted by Gasteiger charge is 2.31. The first kappa shape index (κ1) is 11.9. The molecule has 1 aromatic rings. The summed E-state index contributed by atoms with van der Waals surface area (Å²) in [4.78, 5) is 0. The van der Waals surface area contributed by atoms with E-state index in [2.05, 4.69) is 21.9 Å². The SMILES string of the molecule is C#CCOc1cc(Br)cc(C(F)(F)F)c1. The molecule has 0 saturated carbocycles. The Morgan fingerprint density at radius 1 is 1.33 bits per heavy atom. The number of hydrogen-bond acceptors (Lipinski definition) is 1. The molecule has 0 saturated heterocycles. The molecule has 0 bridgehead atoms. The van der Waals surface area contributed by atoms with E-state index in [1.165, 1.54) is 6.07 Å². The van der Waals surface area contributed by atoms with Gasteiger partial charge < -0.3 is 4.74 Å². The molecule has 0 unspecified atom stereocenters. The fourth-order valence-electron chi connectivity index (χ4n) is 0.935. The second-order valence-corrected chi connectivity index (χ2v) is 3.58. The van der Waals surface area contributed by atoms with Gasteiger partial charge in [-0.15, -0.1) is 6.42 Å². The average Bonchev–Trinajstić information content (AvgIpc) is 2.12. The van der Waals surface area contributed by atoms with Crippen LogP contribution in [0.25, 0.3) is 0 Å². The van der Waals surface area contributed by atoms with Gasteiger partial charge in [0.1, 0.15) is 12.4 Å². The van der Waals surface area contributed by atoms with Crippen molar-refractivity contribution >= 4 is 15.9 Å². The summed E-state index contributed by atoms with van der Waals surface area (Å²) in [5.41, 5.74) is -0.774. The third-order valence-electron chi connectivity index (χ3n) is 1.52. The molecule has 0 radical (unpaired) electrons. The Morgan fingerprint density at radius 2 is 2.00 bits per heavy atom. The van der Waals surface area contributed by atoms with Gasteiger partial charge in [-0.25, -0.2) is 0 Å². The minimum atomic E-state index is -4.39. The molecule has 0 aliphatic rings. The van der Waals surface area contributed by atoms with Gasteiger partial charge >= 0.3 is 6.18 Å². The Hall–Kier alpha value is -1.15. The molecule has 80 valence electrons. The van der Waals surface area contributed by atoms with Crippen molar-refractivity contribution < 1.29 is 17.9 Å². The molecule has 15 heavy (non-hydrogen) atoms. The standard InChI is InChI=1S/C10H6BrF3O/c1-2-3-15-9-5-7(10(12,13)14)4-8(11)6-9/h1,4-6H,3H2. The summed E-state index contributed by atoms with van der Waals surface area (Å²) in [5, 5.41) is 0. The smallest absolute Gasteiger partial charge is 0.416 e. The lowest BCUT2D eigenvalue weighted by Crippen LogP contribution is -2.05. The zero-order valence-corrected chi connectivity index (χ0v) is 9.02. The van der Waals surface area contributed by atoms with Crippen molar-refractivity contribution in [2.24, 2.45) is 0 Å². The van der Waals surface area contributed by atoms with Gasteiger partial charge in [-0.1, -0.05) is 21.9 Å². The van der Waals surface area contributed by atoms with E-state index in [1.54, 1.807) is 0 Å². The van der Waals surface area contributed by atoms with Crippen molar-refractivity contribution in [3.05, 3.63) is 28.2 Å². The fourth-order valence-corrected chi connectivity index (χ4v) is 1.41. The highest BCUT2D eigenvalue weighted by molar-refractivity contribution is 9.10. The Labute approximate surface area is 93.4 Å². The zero-order chi connectivity index (χ0) is 11.5. The van der Waals surface area contributed by atoms with Crippen molar-refractivity contribution in [2.45, 2.75) is 6.18 Å². The number of hydrogen-bond donors (Lipinski definition) is 0. The number of rotatable bonds is 2. The van der Waals surface area contributed by atoms with Crippen LogP contribution in [0.3, 0.4) is 0 Å². The molecular weight excluding hydrogens is 273 g/mol. The van der Waals surface area contributed by atoms with E-state index in [1.807, 2.05) is 0 Å². The number of benzene rings is 1. The molecule has 0 atom stereocenters. The van der Waals surface area contributed by atoms with Gasteiger partial charge in [-0.05, 0) is 18.2 Å². The van der Waals surface area contributed by atoms with Crippen molar-refractivity contribution in [1.29, 1.82) is 0 Å². The fraction of sp³-hybridized carbons (Fsp3) is 0.200. The topological polar surface area (TPSA) is 9.23 Å². The van der Waals surface area contributed by atoms with Crippen molar-refractivity contribution in [3.8, 4) is 18.1 Å². The number of terminal acetylenes is 1. The summed E-state index contributed by atoms with van der Waals surface area (Å²) in [5.74, 6) is 2.27. The first-order valence-electron chi connectivity index (χ1n) is 3.87. The lowest BCUT2D eigenvalue weighted by molar-refractivity contribution is -0.137. The molecule has 5 heteroatoms. The molecule has 0 amide bonds. The van der Waals surface area contributed by atoms with Crippen LogP contribution in [0, 0.1) is 12.3 Å². The van der Waals surface area contributed by atoms with E-state index < -0.39 is 11.7 Å². The molecule has 0 aliphatic carbocycles. The Kier molecular flexibility index (Phi) is 3.64. The van der Waals surface area contributed by atoms with Crippen LogP contribution in [0.2, 0.25) is 0 Å². The van der Waals surface area contributed by atoms with Crippen LogP contribution in [0.4, 0.5) is 13.2 Å². The van der Waals surface area contributed by atoms with Crippen molar-refractivity contribution in [2.75, 3.05) is 6.61 Å². The van der Waals surface area contributed by atoms with Crippen LogP contribution in [0.15, 0.2) is 22.7 Å². The largest absolute Gasteiger partial charge is 0.481 e. The highest BCUT2D eigenvalue weighted by Crippen LogP contribution is 2.33. The summed E-state index contributed by atoms with van der Waals surface area (Å²) in [7, 11) is 0. The van der Waals surface area contributed by atoms with Crippen molar-refractivity contribution in [1.82, 2.24) is 0 Å². The van der Waals surface area contributed by atoms with Gasteiger partial charge in [0.15, 0.2) is 0 Å². The Balaban J connectivity index is 3.01.